The van der Waals surface area contributed by atoms with Crippen LogP contribution in [0.25, 0.3) is 0 Å². The van der Waals surface area contributed by atoms with E-state index in [1.807, 2.05) is 6.92 Å². The Morgan fingerprint density at radius 3 is 1.75 bits per heavy atom. The zero-order valence-corrected chi connectivity index (χ0v) is 19.0. The summed E-state index contributed by atoms with van der Waals surface area (Å²) in [5.41, 5.74) is 0. The topological polar surface area (TPSA) is 77.4 Å². The minimum Gasteiger partial charge on any atom is -0.748 e. The molecule has 0 aromatic carbocycles. The molecule has 4 nitrogen and oxygen atoms in total. The third-order valence-corrected chi connectivity index (χ3v) is 5.78. The zero-order valence-electron chi connectivity index (χ0n) is 16.1. The third-order valence-electron chi connectivity index (χ3n) is 4.49. The van der Waals surface area contributed by atoms with E-state index in [2.05, 4.69) is 6.92 Å². The van der Waals surface area contributed by atoms with Crippen LogP contribution in [0.15, 0.2) is 0 Å². The molecular formula is C18H37NaO4S. The molecule has 0 rings (SSSR count). The minimum atomic E-state index is -4.20. The van der Waals surface area contributed by atoms with Crippen molar-refractivity contribution in [3.63, 3.8) is 0 Å². The summed E-state index contributed by atoms with van der Waals surface area (Å²) in [5.74, 6) is 0. The van der Waals surface area contributed by atoms with Gasteiger partial charge in [-0.2, -0.15) is 0 Å². The van der Waals surface area contributed by atoms with Crippen LogP contribution in [0.4, 0.5) is 0 Å². The second-order valence-corrected chi connectivity index (χ2v) is 8.40. The van der Waals surface area contributed by atoms with Gasteiger partial charge in [-0.15, -0.1) is 0 Å². The fraction of sp³-hybridized carbons (Fsp3) is 1.00. The molecule has 0 saturated carbocycles. The van der Waals surface area contributed by atoms with Crippen LogP contribution >= 0.6 is 0 Å². The van der Waals surface area contributed by atoms with E-state index in [0.29, 0.717) is 25.7 Å². The molecule has 0 amide bonds. The molecule has 0 bridgehead atoms. The van der Waals surface area contributed by atoms with Gasteiger partial charge in [0.25, 0.3) is 0 Å². The van der Waals surface area contributed by atoms with Crippen LogP contribution in [0, 0.1) is 0 Å². The quantitative estimate of drug-likeness (QED) is 0.254. The SMILES string of the molecule is CCCCCCCCCC(O)CCCC(CCCC)S(=O)(=O)[O-].[Na+]. The van der Waals surface area contributed by atoms with Crippen molar-refractivity contribution < 1.29 is 47.6 Å². The summed E-state index contributed by atoms with van der Waals surface area (Å²) in [6.07, 6.45) is 12.8. The predicted molar refractivity (Wildman–Crippen MR) is 95.5 cm³/mol. The van der Waals surface area contributed by atoms with Gasteiger partial charge in [0.1, 0.15) is 0 Å². The predicted octanol–water partition coefficient (Wildman–Crippen LogP) is 1.77. The average molecular weight is 373 g/mol. The van der Waals surface area contributed by atoms with Gasteiger partial charge in [-0.05, 0) is 32.1 Å². The summed E-state index contributed by atoms with van der Waals surface area (Å²) in [6.45, 7) is 4.20. The molecule has 0 aliphatic carbocycles. The molecule has 6 heteroatoms. The average Bonchev–Trinajstić information content (AvgIpc) is 2.48. The van der Waals surface area contributed by atoms with Crippen molar-refractivity contribution >= 4 is 10.1 Å². The maximum Gasteiger partial charge on any atom is 1.00 e. The van der Waals surface area contributed by atoms with Crippen LogP contribution in [-0.4, -0.2) is 29.4 Å². The molecule has 1 N–H and O–H groups in total. The summed E-state index contributed by atoms with van der Waals surface area (Å²) < 4.78 is 33.6. The van der Waals surface area contributed by atoms with Crippen LogP contribution in [0.5, 0.6) is 0 Å². The Morgan fingerprint density at radius 1 is 0.750 bits per heavy atom. The van der Waals surface area contributed by atoms with E-state index in [4.69, 9.17) is 0 Å². The number of hydrogen-bond donors (Lipinski definition) is 1. The van der Waals surface area contributed by atoms with Gasteiger partial charge < -0.3 is 9.66 Å². The first-order chi connectivity index (χ1) is 10.9. The van der Waals surface area contributed by atoms with E-state index < -0.39 is 15.4 Å². The first kappa shape index (κ1) is 27.1. The van der Waals surface area contributed by atoms with Gasteiger partial charge in [-0.3, -0.25) is 0 Å². The molecule has 0 saturated heterocycles. The zero-order chi connectivity index (χ0) is 17.6. The molecule has 0 aromatic rings. The molecule has 2 unspecified atom stereocenters. The standard InChI is InChI=1S/C18H38O4S.Na/c1-3-5-7-8-9-10-11-13-17(19)14-12-16-18(15-6-4-2)23(20,21)22;/h17-19H,3-16H2,1-2H3,(H,20,21,22);/q;+1/p-1. The first-order valence-corrected chi connectivity index (χ1v) is 11.0. The van der Waals surface area contributed by atoms with Gasteiger partial charge in [-0.25, -0.2) is 8.42 Å². The number of aliphatic hydroxyl groups is 1. The molecule has 0 radical (unpaired) electrons. The van der Waals surface area contributed by atoms with E-state index in [9.17, 15) is 18.1 Å². The Kier molecular flexibility index (Phi) is 19.5. The molecule has 0 aliphatic rings. The summed E-state index contributed by atoms with van der Waals surface area (Å²) in [6, 6.07) is 0. The van der Waals surface area contributed by atoms with Gasteiger partial charge in [0.15, 0.2) is 0 Å². The number of aliphatic hydroxyl groups excluding tert-OH is 1. The molecule has 0 aliphatic heterocycles. The van der Waals surface area contributed by atoms with E-state index in [1.165, 1.54) is 32.1 Å². The van der Waals surface area contributed by atoms with E-state index in [-0.39, 0.29) is 35.7 Å². The number of rotatable bonds is 16. The Hall–Kier alpha value is 0.870. The molecule has 140 valence electrons. The van der Waals surface area contributed by atoms with E-state index in [1.54, 1.807) is 0 Å². The smallest absolute Gasteiger partial charge is 0.748 e. The fourth-order valence-electron chi connectivity index (χ4n) is 2.93. The van der Waals surface area contributed by atoms with Crippen molar-refractivity contribution in [3.05, 3.63) is 0 Å². The number of unbranched alkanes of at least 4 members (excludes halogenated alkanes) is 7. The van der Waals surface area contributed by atoms with Crippen LogP contribution in [0.2, 0.25) is 0 Å². The van der Waals surface area contributed by atoms with Crippen molar-refractivity contribution in [3.8, 4) is 0 Å². The number of hydrogen-bond acceptors (Lipinski definition) is 4. The van der Waals surface area contributed by atoms with Crippen molar-refractivity contribution in [1.82, 2.24) is 0 Å². The maximum atomic E-state index is 11.2. The van der Waals surface area contributed by atoms with Gasteiger partial charge in [0.05, 0.1) is 16.2 Å². The summed E-state index contributed by atoms with van der Waals surface area (Å²) in [5, 5.41) is 9.18. The maximum absolute atomic E-state index is 11.2. The Bertz CT molecular complexity index is 360. The third kappa shape index (κ3) is 16.3. The van der Waals surface area contributed by atoms with Crippen LogP contribution < -0.4 is 29.6 Å². The monoisotopic (exact) mass is 372 g/mol. The van der Waals surface area contributed by atoms with Crippen LogP contribution in [0.3, 0.4) is 0 Å². The van der Waals surface area contributed by atoms with Gasteiger partial charge in [-0.1, -0.05) is 71.6 Å². The normalized spacial score (nSPS) is 14.2. The summed E-state index contributed by atoms with van der Waals surface area (Å²) in [4.78, 5) is 0. The van der Waals surface area contributed by atoms with Crippen molar-refractivity contribution in [2.75, 3.05) is 0 Å². The second kappa shape index (κ2) is 17.3. The molecule has 2 atom stereocenters. The van der Waals surface area contributed by atoms with Gasteiger partial charge >= 0.3 is 29.6 Å². The Balaban J connectivity index is 0. The van der Waals surface area contributed by atoms with Gasteiger partial charge in [0, 0.05) is 5.25 Å². The Morgan fingerprint density at radius 2 is 1.21 bits per heavy atom. The largest absolute Gasteiger partial charge is 1.00 e. The van der Waals surface area contributed by atoms with Crippen molar-refractivity contribution in [2.45, 2.75) is 115 Å². The second-order valence-electron chi connectivity index (χ2n) is 6.75. The fourth-order valence-corrected chi connectivity index (χ4v) is 3.84. The van der Waals surface area contributed by atoms with Gasteiger partial charge in [0.2, 0.25) is 0 Å². The van der Waals surface area contributed by atoms with Crippen molar-refractivity contribution in [1.29, 1.82) is 0 Å². The van der Waals surface area contributed by atoms with Crippen molar-refractivity contribution in [2.24, 2.45) is 0 Å². The molecule has 0 spiro atoms. The molecule has 0 heterocycles. The first-order valence-electron chi connectivity index (χ1n) is 9.54. The molecule has 0 fully saturated rings. The molecule has 24 heavy (non-hydrogen) atoms. The summed E-state index contributed by atoms with van der Waals surface area (Å²) in [7, 11) is -4.20. The Labute approximate surface area is 172 Å². The van der Waals surface area contributed by atoms with Crippen LogP contribution in [0.1, 0.15) is 104 Å². The molecular weight excluding hydrogens is 335 g/mol. The minimum absolute atomic E-state index is 0. The summed E-state index contributed by atoms with van der Waals surface area (Å²) >= 11 is 0. The van der Waals surface area contributed by atoms with E-state index >= 15 is 0 Å². The molecule has 0 aromatic heterocycles. The van der Waals surface area contributed by atoms with E-state index in [0.717, 1.165) is 32.1 Å². The van der Waals surface area contributed by atoms with Crippen LogP contribution in [-0.2, 0) is 10.1 Å².